The van der Waals surface area contributed by atoms with Gasteiger partial charge in [0.2, 0.25) is 0 Å². The van der Waals surface area contributed by atoms with E-state index in [1.807, 2.05) is 6.92 Å². The lowest BCUT2D eigenvalue weighted by molar-refractivity contribution is 0.340. The highest BCUT2D eigenvalue weighted by atomic mass is 35.5. The minimum atomic E-state index is -3.89. The zero-order valence-corrected chi connectivity index (χ0v) is 16.5. The molecule has 2 aromatic rings. The van der Waals surface area contributed by atoms with Crippen molar-refractivity contribution in [3.05, 3.63) is 46.4 Å². The fraction of sp³-hybridized carbons (Fsp3) is 0.294. The van der Waals surface area contributed by atoms with Crippen molar-refractivity contribution in [1.82, 2.24) is 0 Å². The highest BCUT2D eigenvalue weighted by molar-refractivity contribution is 7.93. The Labute approximate surface area is 158 Å². The number of anilines is 1. The largest absolute Gasteiger partial charge is 0.495 e. The van der Waals surface area contributed by atoms with Crippen LogP contribution in [-0.2, 0) is 10.0 Å². The van der Waals surface area contributed by atoms with E-state index in [-0.39, 0.29) is 21.5 Å². The summed E-state index contributed by atoms with van der Waals surface area (Å²) in [5.74, 6) is 0.986. The van der Waals surface area contributed by atoms with Crippen molar-refractivity contribution in [3.8, 4) is 11.5 Å². The first-order chi connectivity index (χ1) is 11.9. The highest BCUT2D eigenvalue weighted by Crippen LogP contribution is 2.38. The fourth-order valence-electron chi connectivity index (χ4n) is 2.36. The van der Waals surface area contributed by atoms with E-state index in [0.717, 1.165) is 0 Å². The molecule has 5 nitrogen and oxygen atoms in total. The first-order valence-corrected chi connectivity index (χ1v) is 9.84. The van der Waals surface area contributed by atoms with Gasteiger partial charge in [-0.3, -0.25) is 4.31 Å². The Hall–Kier alpha value is -1.63. The van der Waals surface area contributed by atoms with Gasteiger partial charge in [-0.15, -0.1) is 0 Å². The minimum Gasteiger partial charge on any atom is -0.495 e. The number of hydrogen-bond donors (Lipinski definition) is 0. The summed E-state index contributed by atoms with van der Waals surface area (Å²) in [7, 11) is -2.45. The second kappa shape index (κ2) is 8.17. The van der Waals surface area contributed by atoms with Gasteiger partial charge in [-0.2, -0.15) is 0 Å². The molecule has 0 atom stereocenters. The van der Waals surface area contributed by atoms with Crippen LogP contribution >= 0.6 is 23.2 Å². The topological polar surface area (TPSA) is 55.8 Å². The van der Waals surface area contributed by atoms with E-state index in [9.17, 15) is 8.42 Å². The molecule has 0 unspecified atom stereocenters. The molecule has 0 heterocycles. The van der Waals surface area contributed by atoms with Crippen molar-refractivity contribution in [3.63, 3.8) is 0 Å². The van der Waals surface area contributed by atoms with Crippen LogP contribution in [0, 0.1) is 0 Å². The lowest BCUT2D eigenvalue weighted by atomic mass is 10.3. The predicted molar refractivity (Wildman–Crippen MR) is 101 cm³/mol. The molecule has 0 N–H and O–H groups in total. The Morgan fingerprint density at radius 3 is 2.16 bits per heavy atom. The number of ether oxygens (including phenoxy) is 2. The quantitative estimate of drug-likeness (QED) is 0.676. The Kier molecular flexibility index (Phi) is 6.43. The summed E-state index contributed by atoms with van der Waals surface area (Å²) in [6.07, 6.45) is 0. The molecule has 0 aliphatic rings. The SMILES string of the molecule is CCOc1ccc(N(CC)S(=O)(=O)c2ccc(OC)c(Cl)c2Cl)cc1. The van der Waals surface area contributed by atoms with Crippen molar-refractivity contribution in [2.45, 2.75) is 18.7 Å². The van der Waals surface area contributed by atoms with Crippen LogP contribution < -0.4 is 13.8 Å². The van der Waals surface area contributed by atoms with Gasteiger partial charge in [0.1, 0.15) is 21.4 Å². The molecule has 0 saturated heterocycles. The molecule has 0 radical (unpaired) electrons. The molecule has 0 fully saturated rings. The van der Waals surface area contributed by atoms with Crippen molar-refractivity contribution < 1.29 is 17.9 Å². The summed E-state index contributed by atoms with van der Waals surface area (Å²) in [5.41, 5.74) is 0.508. The van der Waals surface area contributed by atoms with Crippen molar-refractivity contribution in [1.29, 1.82) is 0 Å². The van der Waals surface area contributed by atoms with Gasteiger partial charge >= 0.3 is 0 Å². The van der Waals surface area contributed by atoms with Crippen LogP contribution in [0.5, 0.6) is 11.5 Å². The number of sulfonamides is 1. The summed E-state index contributed by atoms with van der Waals surface area (Å²) < 4.78 is 37.8. The van der Waals surface area contributed by atoms with Crippen LogP contribution in [0.1, 0.15) is 13.8 Å². The van der Waals surface area contributed by atoms with E-state index in [0.29, 0.717) is 23.8 Å². The number of nitrogens with zero attached hydrogens (tertiary/aromatic N) is 1. The molecular weight excluding hydrogens is 385 g/mol. The smallest absolute Gasteiger partial charge is 0.265 e. The third kappa shape index (κ3) is 3.97. The van der Waals surface area contributed by atoms with E-state index < -0.39 is 10.0 Å². The van der Waals surface area contributed by atoms with Crippen LogP contribution in [0.3, 0.4) is 0 Å². The predicted octanol–water partition coefficient (Wildman–Crippen LogP) is 4.62. The Morgan fingerprint density at radius 2 is 1.64 bits per heavy atom. The van der Waals surface area contributed by atoms with Crippen LogP contribution in [0.2, 0.25) is 10.0 Å². The van der Waals surface area contributed by atoms with E-state index in [2.05, 4.69) is 0 Å². The van der Waals surface area contributed by atoms with Crippen molar-refractivity contribution >= 4 is 38.9 Å². The van der Waals surface area contributed by atoms with Gasteiger partial charge in [-0.05, 0) is 50.2 Å². The molecule has 0 aromatic heterocycles. The van der Waals surface area contributed by atoms with Crippen LogP contribution in [0.25, 0.3) is 0 Å². The third-order valence-electron chi connectivity index (χ3n) is 3.52. The van der Waals surface area contributed by atoms with E-state index in [1.165, 1.54) is 23.5 Å². The molecule has 0 saturated carbocycles. The maximum Gasteiger partial charge on any atom is 0.265 e. The van der Waals surface area contributed by atoms with E-state index >= 15 is 0 Å². The molecule has 2 rings (SSSR count). The van der Waals surface area contributed by atoms with Gasteiger partial charge in [0.25, 0.3) is 10.0 Å². The zero-order valence-electron chi connectivity index (χ0n) is 14.1. The van der Waals surface area contributed by atoms with Gasteiger partial charge in [0.15, 0.2) is 0 Å². The second-order valence-corrected chi connectivity index (χ2v) is 7.58. The molecule has 136 valence electrons. The molecule has 2 aromatic carbocycles. The van der Waals surface area contributed by atoms with Crippen molar-refractivity contribution in [2.24, 2.45) is 0 Å². The minimum absolute atomic E-state index is 0.0630. The van der Waals surface area contributed by atoms with Crippen LogP contribution in [-0.4, -0.2) is 28.7 Å². The first-order valence-electron chi connectivity index (χ1n) is 7.64. The summed E-state index contributed by atoms with van der Waals surface area (Å²) >= 11 is 12.3. The summed E-state index contributed by atoms with van der Waals surface area (Å²) in [5, 5.41) is -0.00149. The average molecular weight is 404 g/mol. The lowest BCUT2D eigenvalue weighted by Gasteiger charge is -2.24. The molecule has 0 aliphatic carbocycles. The van der Waals surface area contributed by atoms with Gasteiger partial charge in [0, 0.05) is 6.54 Å². The average Bonchev–Trinajstić information content (AvgIpc) is 2.59. The summed E-state index contributed by atoms with van der Waals surface area (Å²) in [4.78, 5) is -0.0734. The zero-order chi connectivity index (χ0) is 18.6. The first kappa shape index (κ1) is 19.7. The third-order valence-corrected chi connectivity index (χ3v) is 6.44. The summed E-state index contributed by atoms with van der Waals surface area (Å²) in [6.45, 7) is 4.39. The number of benzene rings is 2. The van der Waals surface area contributed by atoms with Gasteiger partial charge in [-0.25, -0.2) is 8.42 Å². The molecule has 0 spiro atoms. The molecule has 0 amide bonds. The van der Waals surface area contributed by atoms with E-state index in [4.69, 9.17) is 32.7 Å². The Balaban J connectivity index is 2.47. The number of hydrogen-bond acceptors (Lipinski definition) is 4. The lowest BCUT2D eigenvalue weighted by Crippen LogP contribution is -2.31. The molecule has 25 heavy (non-hydrogen) atoms. The van der Waals surface area contributed by atoms with Crippen LogP contribution in [0.15, 0.2) is 41.3 Å². The monoisotopic (exact) mass is 403 g/mol. The maximum absolute atomic E-state index is 13.1. The number of halogens is 2. The second-order valence-electron chi connectivity index (χ2n) is 4.99. The van der Waals surface area contributed by atoms with Gasteiger partial charge < -0.3 is 9.47 Å². The van der Waals surface area contributed by atoms with Gasteiger partial charge in [0.05, 0.1) is 24.4 Å². The van der Waals surface area contributed by atoms with Gasteiger partial charge in [-0.1, -0.05) is 23.2 Å². The van der Waals surface area contributed by atoms with Crippen molar-refractivity contribution in [2.75, 3.05) is 24.6 Å². The molecule has 8 heteroatoms. The fourth-order valence-corrected chi connectivity index (χ4v) is 4.65. The molecule has 0 bridgehead atoms. The normalized spacial score (nSPS) is 11.2. The maximum atomic E-state index is 13.1. The highest BCUT2D eigenvalue weighted by Gasteiger charge is 2.28. The Morgan fingerprint density at radius 1 is 1.00 bits per heavy atom. The van der Waals surface area contributed by atoms with E-state index in [1.54, 1.807) is 31.2 Å². The van der Waals surface area contributed by atoms with Crippen LogP contribution in [0.4, 0.5) is 5.69 Å². The number of rotatable bonds is 7. The standard InChI is InChI=1S/C17H19Cl2NO4S/c1-4-20(12-6-8-13(9-7-12)24-5-2)25(21,22)15-11-10-14(23-3)16(18)17(15)19/h6-11H,4-5H2,1-3H3. The molecule has 0 aliphatic heterocycles. The number of methoxy groups -OCH3 is 1. The molecular formula is C17H19Cl2NO4S. The summed E-state index contributed by atoms with van der Waals surface area (Å²) in [6, 6.07) is 9.68. The Bertz CT molecular complexity index is 838.